The highest BCUT2D eigenvalue weighted by molar-refractivity contribution is 9.10. The zero-order valence-electron chi connectivity index (χ0n) is 7.80. The van der Waals surface area contributed by atoms with E-state index in [4.69, 9.17) is 5.73 Å². The van der Waals surface area contributed by atoms with Crippen molar-refractivity contribution in [3.63, 3.8) is 0 Å². The van der Waals surface area contributed by atoms with E-state index in [0.29, 0.717) is 6.42 Å². The molecular formula is C9H9BrN4S. The van der Waals surface area contributed by atoms with Gasteiger partial charge in [-0.2, -0.15) is 8.75 Å². The first-order valence-electron chi connectivity index (χ1n) is 4.39. The van der Waals surface area contributed by atoms with Gasteiger partial charge < -0.3 is 5.73 Å². The zero-order chi connectivity index (χ0) is 10.7. The van der Waals surface area contributed by atoms with Gasteiger partial charge in [0, 0.05) is 22.8 Å². The Balaban J connectivity index is 2.06. The summed E-state index contributed by atoms with van der Waals surface area (Å²) < 4.78 is 8.99. The Bertz CT molecular complexity index is 414. The summed E-state index contributed by atoms with van der Waals surface area (Å²) in [6.45, 7) is 0. The summed E-state index contributed by atoms with van der Waals surface area (Å²) >= 11 is 4.51. The third kappa shape index (κ3) is 2.80. The van der Waals surface area contributed by atoms with Gasteiger partial charge in [0.25, 0.3) is 0 Å². The van der Waals surface area contributed by atoms with Gasteiger partial charge in [0.2, 0.25) is 0 Å². The first-order valence-corrected chi connectivity index (χ1v) is 5.91. The molecule has 0 aliphatic heterocycles. The number of halogens is 1. The van der Waals surface area contributed by atoms with Crippen molar-refractivity contribution in [2.24, 2.45) is 5.73 Å². The number of aromatic nitrogens is 3. The summed E-state index contributed by atoms with van der Waals surface area (Å²) in [5, 5.41) is 0. The Hall–Kier alpha value is -0.850. The van der Waals surface area contributed by atoms with E-state index in [1.54, 1.807) is 12.4 Å². The zero-order valence-corrected chi connectivity index (χ0v) is 10.2. The summed E-state index contributed by atoms with van der Waals surface area (Å²) in [6.07, 6.45) is 4.15. The van der Waals surface area contributed by atoms with E-state index in [9.17, 15) is 0 Å². The Morgan fingerprint density at radius 3 is 2.87 bits per heavy atom. The average Bonchev–Trinajstić information content (AvgIpc) is 2.74. The highest BCUT2D eigenvalue weighted by Crippen LogP contribution is 2.14. The number of hydrogen-bond acceptors (Lipinski definition) is 5. The van der Waals surface area contributed by atoms with Crippen LogP contribution in [0.4, 0.5) is 0 Å². The lowest BCUT2D eigenvalue weighted by Gasteiger charge is -2.07. The van der Waals surface area contributed by atoms with E-state index in [1.807, 2.05) is 12.1 Å². The van der Waals surface area contributed by atoms with Gasteiger partial charge in [0.1, 0.15) is 0 Å². The third-order valence-electron chi connectivity index (χ3n) is 1.98. The van der Waals surface area contributed by atoms with Gasteiger partial charge in [-0.1, -0.05) is 0 Å². The first kappa shape index (κ1) is 10.7. The molecule has 2 N–H and O–H groups in total. The molecule has 0 radical (unpaired) electrons. The Kier molecular flexibility index (Phi) is 3.40. The second-order valence-corrected chi connectivity index (χ2v) is 4.58. The van der Waals surface area contributed by atoms with Gasteiger partial charge in [0.05, 0.1) is 29.7 Å². The van der Waals surface area contributed by atoms with Crippen molar-refractivity contribution in [3.8, 4) is 0 Å². The van der Waals surface area contributed by atoms with Crippen molar-refractivity contribution < 1.29 is 0 Å². The van der Waals surface area contributed by atoms with Crippen LogP contribution in [0.3, 0.4) is 0 Å². The highest BCUT2D eigenvalue weighted by atomic mass is 79.9. The quantitative estimate of drug-likeness (QED) is 0.936. The fourth-order valence-electron chi connectivity index (χ4n) is 1.19. The molecule has 0 saturated carbocycles. The molecule has 0 aromatic carbocycles. The standard InChI is InChI=1S/C9H9BrN4S/c10-6-1-2-7(12-4-6)3-8(11)9-5-13-15-14-9/h1-2,4-5,8H,3,11H2. The van der Waals surface area contributed by atoms with Crippen molar-refractivity contribution in [2.75, 3.05) is 0 Å². The number of rotatable bonds is 3. The topological polar surface area (TPSA) is 64.7 Å². The molecule has 0 bridgehead atoms. The van der Waals surface area contributed by atoms with Crippen LogP contribution in [0, 0.1) is 0 Å². The second-order valence-electron chi connectivity index (χ2n) is 3.11. The fourth-order valence-corrected chi connectivity index (χ4v) is 1.91. The number of nitrogens with zero attached hydrogens (tertiary/aromatic N) is 3. The van der Waals surface area contributed by atoms with Crippen LogP contribution in [-0.4, -0.2) is 13.7 Å². The summed E-state index contributed by atoms with van der Waals surface area (Å²) in [6, 6.07) is 3.77. The number of pyridine rings is 1. The number of nitrogens with two attached hydrogens (primary N) is 1. The summed E-state index contributed by atoms with van der Waals surface area (Å²) in [5.74, 6) is 0. The van der Waals surface area contributed by atoms with E-state index < -0.39 is 0 Å². The minimum Gasteiger partial charge on any atom is -0.322 e. The van der Waals surface area contributed by atoms with Gasteiger partial charge in [-0.3, -0.25) is 4.98 Å². The molecule has 0 amide bonds. The van der Waals surface area contributed by atoms with Crippen LogP contribution in [-0.2, 0) is 6.42 Å². The van der Waals surface area contributed by atoms with Crippen LogP contribution >= 0.6 is 27.7 Å². The fraction of sp³-hybridized carbons (Fsp3) is 0.222. The Morgan fingerprint density at radius 2 is 2.27 bits per heavy atom. The van der Waals surface area contributed by atoms with Gasteiger partial charge in [-0.15, -0.1) is 0 Å². The maximum Gasteiger partial charge on any atom is 0.0914 e. The molecule has 6 heteroatoms. The largest absolute Gasteiger partial charge is 0.322 e. The summed E-state index contributed by atoms with van der Waals surface area (Å²) in [5.41, 5.74) is 7.74. The molecule has 1 atom stereocenters. The lowest BCUT2D eigenvalue weighted by Crippen LogP contribution is -2.14. The summed E-state index contributed by atoms with van der Waals surface area (Å²) in [4.78, 5) is 4.26. The molecule has 2 aromatic rings. The van der Waals surface area contributed by atoms with Crippen molar-refractivity contribution >= 4 is 27.7 Å². The van der Waals surface area contributed by atoms with Crippen molar-refractivity contribution in [1.82, 2.24) is 13.7 Å². The second kappa shape index (κ2) is 4.78. The Morgan fingerprint density at radius 1 is 1.40 bits per heavy atom. The molecule has 78 valence electrons. The molecule has 2 aromatic heterocycles. The molecule has 4 nitrogen and oxygen atoms in total. The molecule has 2 heterocycles. The molecule has 15 heavy (non-hydrogen) atoms. The molecule has 0 aliphatic rings. The van der Waals surface area contributed by atoms with E-state index in [0.717, 1.165) is 15.9 Å². The van der Waals surface area contributed by atoms with Crippen LogP contribution in [0.25, 0.3) is 0 Å². The van der Waals surface area contributed by atoms with Gasteiger partial charge in [-0.05, 0) is 28.1 Å². The average molecular weight is 285 g/mol. The molecule has 0 saturated heterocycles. The van der Waals surface area contributed by atoms with Crippen molar-refractivity contribution in [3.05, 3.63) is 40.4 Å². The smallest absolute Gasteiger partial charge is 0.0914 e. The molecule has 0 spiro atoms. The van der Waals surface area contributed by atoms with Crippen LogP contribution in [0.2, 0.25) is 0 Å². The first-order chi connectivity index (χ1) is 7.25. The van der Waals surface area contributed by atoms with E-state index in [1.165, 1.54) is 11.7 Å². The molecule has 0 fully saturated rings. The highest BCUT2D eigenvalue weighted by Gasteiger charge is 2.10. The van der Waals surface area contributed by atoms with Gasteiger partial charge in [0.15, 0.2) is 0 Å². The normalized spacial score (nSPS) is 12.7. The van der Waals surface area contributed by atoms with E-state index in [-0.39, 0.29) is 6.04 Å². The SMILES string of the molecule is NC(Cc1ccc(Br)cn1)c1cnsn1. The monoisotopic (exact) mass is 284 g/mol. The van der Waals surface area contributed by atoms with E-state index >= 15 is 0 Å². The molecule has 2 rings (SSSR count). The minimum absolute atomic E-state index is 0.127. The van der Waals surface area contributed by atoms with Crippen LogP contribution in [0.5, 0.6) is 0 Å². The van der Waals surface area contributed by atoms with Crippen molar-refractivity contribution in [2.45, 2.75) is 12.5 Å². The Labute approximate surface area is 100 Å². The number of hydrogen-bond donors (Lipinski definition) is 1. The van der Waals surface area contributed by atoms with Gasteiger partial charge >= 0.3 is 0 Å². The molecular weight excluding hydrogens is 276 g/mol. The maximum atomic E-state index is 5.96. The maximum absolute atomic E-state index is 5.96. The molecule has 0 aliphatic carbocycles. The van der Waals surface area contributed by atoms with E-state index in [2.05, 4.69) is 29.7 Å². The van der Waals surface area contributed by atoms with Crippen LogP contribution < -0.4 is 5.73 Å². The minimum atomic E-state index is -0.127. The van der Waals surface area contributed by atoms with Crippen LogP contribution in [0.15, 0.2) is 29.0 Å². The third-order valence-corrected chi connectivity index (χ3v) is 2.94. The summed E-state index contributed by atoms with van der Waals surface area (Å²) in [7, 11) is 0. The predicted octanol–water partition coefficient (Wildman–Crippen LogP) is 1.94. The predicted molar refractivity (Wildman–Crippen MR) is 62.5 cm³/mol. The lowest BCUT2D eigenvalue weighted by molar-refractivity contribution is 0.690. The lowest BCUT2D eigenvalue weighted by atomic mass is 10.1. The van der Waals surface area contributed by atoms with Crippen LogP contribution in [0.1, 0.15) is 17.4 Å². The molecule has 1 unspecified atom stereocenters. The van der Waals surface area contributed by atoms with Gasteiger partial charge in [-0.25, -0.2) is 0 Å². The van der Waals surface area contributed by atoms with Crippen molar-refractivity contribution in [1.29, 1.82) is 0 Å².